The smallest absolute Gasteiger partial charge is 0.324 e. The van der Waals surface area contributed by atoms with E-state index in [2.05, 4.69) is 20.5 Å². The highest BCUT2D eigenvalue weighted by atomic mass is 32.2. The predicted molar refractivity (Wildman–Crippen MR) is 242 cm³/mol. The number of amides is 3. The van der Waals surface area contributed by atoms with Crippen LogP contribution < -0.4 is 39.8 Å². The lowest BCUT2D eigenvalue weighted by molar-refractivity contribution is 0.0945. The number of ether oxygens (including phenoxy) is 3. The Labute approximate surface area is 359 Å². The third kappa shape index (κ3) is 10.3. The van der Waals surface area contributed by atoms with Crippen LogP contribution in [-0.2, 0) is 26.2 Å². The van der Waals surface area contributed by atoms with Crippen molar-refractivity contribution in [2.45, 2.75) is 33.1 Å². The molecule has 0 spiro atoms. The Morgan fingerprint density at radius 3 is 2.25 bits per heavy atom. The fourth-order valence-electron chi connectivity index (χ4n) is 7.18. The zero-order valence-electron chi connectivity index (χ0n) is 35.5. The van der Waals surface area contributed by atoms with Gasteiger partial charge < -0.3 is 30.6 Å². The van der Waals surface area contributed by atoms with Gasteiger partial charge in [0.2, 0.25) is 10.0 Å². The van der Waals surface area contributed by atoms with Crippen molar-refractivity contribution in [1.82, 2.24) is 15.2 Å². The molecule has 1 aromatic heterocycles. The molecule has 1 aliphatic heterocycles. The van der Waals surface area contributed by atoms with Crippen molar-refractivity contribution < 1.29 is 36.4 Å². The Morgan fingerprint density at radius 2 is 1.61 bits per heavy atom. The van der Waals surface area contributed by atoms with Crippen LogP contribution in [0.4, 0.5) is 33.4 Å². The molecule has 4 aromatic carbocycles. The van der Waals surface area contributed by atoms with E-state index < -0.39 is 32.3 Å². The lowest BCUT2D eigenvalue weighted by Crippen LogP contribution is -2.42. The maximum atomic E-state index is 13.6. The topological polar surface area (TPSA) is 186 Å². The predicted octanol–water partition coefficient (Wildman–Crippen LogP) is 6.88. The molecule has 2 heterocycles. The quantitative estimate of drug-likeness (QED) is 0.0996. The van der Waals surface area contributed by atoms with E-state index in [1.807, 2.05) is 45.0 Å². The number of rotatable bonds is 15. The zero-order chi connectivity index (χ0) is 44.1. The summed E-state index contributed by atoms with van der Waals surface area (Å²) in [5.74, 6) is 3.03. The number of methoxy groups -OCH3 is 2. The first kappa shape index (κ1) is 44.6. The Kier molecular flexibility index (Phi) is 13.7. The van der Waals surface area contributed by atoms with E-state index in [1.165, 1.54) is 23.4 Å². The van der Waals surface area contributed by atoms with Crippen LogP contribution >= 0.6 is 0 Å². The van der Waals surface area contributed by atoms with E-state index in [1.54, 1.807) is 67.7 Å². The van der Waals surface area contributed by atoms with Crippen LogP contribution in [0.1, 0.15) is 43.6 Å². The largest absolute Gasteiger partial charge is 0.496 e. The molecule has 0 unspecified atom stereocenters. The second kappa shape index (κ2) is 18.8. The SMILES string of the molecule is CCN(c1cc(C(C)(C)C)cc(N(C(N)=O)c2ccc(Oc3ccnc(Nc4ccc(C(=O)NCCN5CCS(=O)CC5)c(OC)c4)c3)c3ccccc23)c1OC)S(C)(=O)=O. The van der Waals surface area contributed by atoms with Crippen molar-refractivity contribution in [3.8, 4) is 23.0 Å². The second-order valence-corrected chi connectivity index (χ2v) is 19.1. The number of aromatic nitrogens is 1. The zero-order valence-corrected chi connectivity index (χ0v) is 37.1. The van der Waals surface area contributed by atoms with Gasteiger partial charge in [-0.05, 0) is 60.4 Å². The number of primary amides is 1. The van der Waals surface area contributed by atoms with E-state index >= 15 is 0 Å². The molecule has 5 aromatic rings. The van der Waals surface area contributed by atoms with Crippen molar-refractivity contribution in [2.75, 3.05) is 79.2 Å². The molecule has 3 amide bonds. The number of hydrogen-bond acceptors (Lipinski definition) is 11. The summed E-state index contributed by atoms with van der Waals surface area (Å²) in [6, 6.07) is 22.2. The Balaban J connectivity index is 1.27. The summed E-state index contributed by atoms with van der Waals surface area (Å²) in [5, 5.41) is 7.51. The second-order valence-electron chi connectivity index (χ2n) is 15.5. The summed E-state index contributed by atoms with van der Waals surface area (Å²) in [6.45, 7) is 10.5. The maximum Gasteiger partial charge on any atom is 0.324 e. The van der Waals surface area contributed by atoms with Gasteiger partial charge in [0.15, 0.2) is 5.75 Å². The number of sulfonamides is 1. The molecule has 17 heteroatoms. The van der Waals surface area contributed by atoms with Crippen LogP contribution in [0.5, 0.6) is 23.0 Å². The van der Waals surface area contributed by atoms with Gasteiger partial charge in [0.05, 0.1) is 43.1 Å². The molecule has 0 bridgehead atoms. The molecule has 0 radical (unpaired) electrons. The molecule has 324 valence electrons. The number of carbonyl (C=O) groups is 2. The van der Waals surface area contributed by atoms with Crippen molar-refractivity contribution >= 4 is 72.1 Å². The molecule has 61 heavy (non-hydrogen) atoms. The summed E-state index contributed by atoms with van der Waals surface area (Å²) in [6.07, 6.45) is 2.73. The van der Waals surface area contributed by atoms with Gasteiger partial charge in [0.1, 0.15) is 23.1 Å². The average molecular weight is 872 g/mol. The minimum Gasteiger partial charge on any atom is -0.496 e. The first-order valence-corrected chi connectivity index (χ1v) is 23.1. The maximum absolute atomic E-state index is 13.6. The first-order valence-electron chi connectivity index (χ1n) is 19.8. The Bertz CT molecular complexity index is 2550. The fraction of sp³-hybridized carbons (Fsp3) is 0.341. The minimum atomic E-state index is -3.73. The monoisotopic (exact) mass is 871 g/mol. The van der Waals surface area contributed by atoms with Gasteiger partial charge in [-0.3, -0.25) is 23.1 Å². The molecule has 6 rings (SSSR count). The number of nitrogens with two attached hydrogens (primary N) is 1. The summed E-state index contributed by atoms with van der Waals surface area (Å²) < 4.78 is 56.8. The molecule has 4 N–H and O–H groups in total. The number of hydrogen-bond donors (Lipinski definition) is 3. The number of nitrogens with zero attached hydrogens (tertiary/aromatic N) is 4. The third-order valence-electron chi connectivity index (χ3n) is 10.3. The summed E-state index contributed by atoms with van der Waals surface area (Å²) in [4.78, 5) is 34.6. The summed E-state index contributed by atoms with van der Waals surface area (Å²) in [5.41, 5.74) is 8.50. The Morgan fingerprint density at radius 1 is 0.902 bits per heavy atom. The van der Waals surface area contributed by atoms with Gasteiger partial charge in [-0.25, -0.2) is 18.2 Å². The van der Waals surface area contributed by atoms with Crippen molar-refractivity contribution in [3.63, 3.8) is 0 Å². The number of benzene rings is 4. The van der Waals surface area contributed by atoms with Crippen molar-refractivity contribution in [3.05, 3.63) is 96.2 Å². The number of anilines is 5. The number of carbonyl (C=O) groups excluding carboxylic acids is 2. The number of fused-ring (bicyclic) bond motifs is 1. The van der Waals surface area contributed by atoms with Gasteiger partial charge >= 0.3 is 6.03 Å². The summed E-state index contributed by atoms with van der Waals surface area (Å²) in [7, 11) is -1.55. The van der Waals surface area contributed by atoms with Crippen molar-refractivity contribution in [2.24, 2.45) is 5.73 Å². The highest BCUT2D eigenvalue weighted by Crippen LogP contribution is 2.47. The van der Waals surface area contributed by atoms with Gasteiger partial charge in [0.25, 0.3) is 5.91 Å². The fourth-order valence-corrected chi connectivity index (χ4v) is 9.27. The molecular formula is C44H53N7O8S2. The van der Waals surface area contributed by atoms with E-state index in [0.29, 0.717) is 75.4 Å². The van der Waals surface area contributed by atoms with Crippen LogP contribution in [0.25, 0.3) is 10.8 Å². The summed E-state index contributed by atoms with van der Waals surface area (Å²) >= 11 is 0. The molecule has 1 fully saturated rings. The van der Waals surface area contributed by atoms with Crippen molar-refractivity contribution in [1.29, 1.82) is 0 Å². The molecule has 0 saturated carbocycles. The van der Waals surface area contributed by atoms with E-state index in [9.17, 15) is 22.2 Å². The lowest BCUT2D eigenvalue weighted by Gasteiger charge is -2.31. The van der Waals surface area contributed by atoms with Crippen LogP contribution in [0.3, 0.4) is 0 Å². The van der Waals surface area contributed by atoms with Crippen LogP contribution in [0.2, 0.25) is 0 Å². The number of pyridine rings is 1. The van der Waals surface area contributed by atoms with Crippen LogP contribution in [0, 0.1) is 0 Å². The molecule has 1 saturated heterocycles. The molecule has 0 atom stereocenters. The highest BCUT2D eigenvalue weighted by molar-refractivity contribution is 7.92. The van der Waals surface area contributed by atoms with Crippen LogP contribution in [-0.4, -0.2) is 99.2 Å². The average Bonchev–Trinajstić information content (AvgIpc) is 3.21. The standard InChI is InChI=1S/C44H53N7O8S2/c1-8-50(61(7,55)56)36-25-29(44(2,3)4)26-37(41(36)58-6)51(43(45)53)35-15-16-38(33-12-10-9-11-32(33)35)59-31-17-18-46-40(28-31)48-30-13-14-34(39(27-30)57-5)42(52)47-19-20-49-21-23-60(54)24-22-49/h9-18,25-28H,8,19-24H2,1-7H3,(H2,45,53)(H,46,48)(H,47,52). The normalized spacial score (nSPS) is 13.7. The molecule has 0 aliphatic carbocycles. The van der Waals surface area contributed by atoms with Gasteiger partial charge in [0, 0.05) is 89.8 Å². The van der Waals surface area contributed by atoms with E-state index in [0.717, 1.165) is 24.9 Å². The number of nitrogens with one attached hydrogen (secondary N) is 2. The minimum absolute atomic E-state index is 0.131. The van der Waals surface area contributed by atoms with Gasteiger partial charge in [-0.2, -0.15) is 0 Å². The Hall–Kier alpha value is -5.91. The van der Waals surface area contributed by atoms with Gasteiger partial charge in [-0.1, -0.05) is 45.0 Å². The number of urea groups is 1. The van der Waals surface area contributed by atoms with Gasteiger partial charge in [-0.15, -0.1) is 0 Å². The highest BCUT2D eigenvalue weighted by Gasteiger charge is 2.31. The molecular weight excluding hydrogens is 819 g/mol. The third-order valence-corrected chi connectivity index (χ3v) is 12.8. The molecule has 1 aliphatic rings. The van der Waals surface area contributed by atoms with Crippen LogP contribution in [0.15, 0.2) is 85.1 Å². The lowest BCUT2D eigenvalue weighted by atomic mass is 9.86. The van der Waals surface area contributed by atoms with E-state index in [4.69, 9.17) is 19.9 Å². The molecule has 15 nitrogen and oxygen atoms in total. The van der Waals surface area contributed by atoms with E-state index in [-0.39, 0.29) is 29.6 Å². The first-order chi connectivity index (χ1) is 29.0.